The van der Waals surface area contributed by atoms with E-state index in [-0.39, 0.29) is 23.6 Å². The first kappa shape index (κ1) is 19.5. The first-order chi connectivity index (χ1) is 13.5. The maximum Gasteiger partial charge on any atom is 0.273 e. The van der Waals surface area contributed by atoms with E-state index in [1.165, 1.54) is 6.92 Å². The number of rotatable bonds is 5. The standard InChI is InChI=1S/C21H24N4O3/c1-14(26)24-12-15-5-2-6-16(11-15)18-8-3-9-23-19(18)21(28)25-10-4-7-17(13-25)20(22)27/h2-3,5-6,8-9,11,17H,4,7,10,12-13H2,1H3,(H2,22,27)(H,24,26). The van der Waals surface area contributed by atoms with Gasteiger partial charge in [-0.15, -0.1) is 0 Å². The van der Waals surface area contributed by atoms with Gasteiger partial charge in [-0.1, -0.05) is 24.3 Å². The number of nitrogens with one attached hydrogen (secondary N) is 1. The van der Waals surface area contributed by atoms with Gasteiger partial charge in [-0.2, -0.15) is 0 Å². The minimum Gasteiger partial charge on any atom is -0.369 e. The maximum absolute atomic E-state index is 13.1. The Morgan fingerprint density at radius 3 is 2.82 bits per heavy atom. The topological polar surface area (TPSA) is 105 Å². The highest BCUT2D eigenvalue weighted by Crippen LogP contribution is 2.26. The van der Waals surface area contributed by atoms with Gasteiger partial charge < -0.3 is 16.0 Å². The highest BCUT2D eigenvalue weighted by molar-refractivity contribution is 5.99. The number of pyridine rings is 1. The molecule has 0 radical (unpaired) electrons. The van der Waals surface area contributed by atoms with E-state index in [0.29, 0.717) is 31.7 Å². The van der Waals surface area contributed by atoms with Crippen LogP contribution < -0.4 is 11.1 Å². The second kappa shape index (κ2) is 8.65. The van der Waals surface area contributed by atoms with Crippen molar-refractivity contribution in [2.24, 2.45) is 11.7 Å². The zero-order valence-electron chi connectivity index (χ0n) is 15.9. The summed E-state index contributed by atoms with van der Waals surface area (Å²) in [5.74, 6) is -0.985. The van der Waals surface area contributed by atoms with Crippen molar-refractivity contribution < 1.29 is 14.4 Å². The molecular formula is C21H24N4O3. The van der Waals surface area contributed by atoms with E-state index in [4.69, 9.17) is 5.73 Å². The molecule has 2 heterocycles. The van der Waals surface area contributed by atoms with Crippen molar-refractivity contribution in [3.05, 3.63) is 53.9 Å². The van der Waals surface area contributed by atoms with Gasteiger partial charge in [0.15, 0.2) is 0 Å². The lowest BCUT2D eigenvalue weighted by Crippen LogP contribution is -2.44. The summed E-state index contributed by atoms with van der Waals surface area (Å²) in [6.45, 7) is 2.80. The van der Waals surface area contributed by atoms with Crippen molar-refractivity contribution in [3.8, 4) is 11.1 Å². The van der Waals surface area contributed by atoms with Crippen LogP contribution in [0.2, 0.25) is 0 Å². The second-order valence-corrected chi connectivity index (χ2v) is 7.00. The van der Waals surface area contributed by atoms with Gasteiger partial charge >= 0.3 is 0 Å². The zero-order valence-corrected chi connectivity index (χ0v) is 15.9. The molecule has 0 aliphatic carbocycles. The van der Waals surface area contributed by atoms with Crippen LogP contribution in [-0.4, -0.2) is 40.7 Å². The van der Waals surface area contributed by atoms with Crippen LogP contribution in [0.15, 0.2) is 42.6 Å². The van der Waals surface area contributed by atoms with Crippen molar-refractivity contribution in [2.75, 3.05) is 13.1 Å². The van der Waals surface area contributed by atoms with Gasteiger partial charge in [-0.05, 0) is 36.1 Å². The van der Waals surface area contributed by atoms with Gasteiger partial charge in [0, 0.05) is 38.3 Å². The molecule has 28 heavy (non-hydrogen) atoms. The number of hydrogen-bond donors (Lipinski definition) is 2. The number of piperidine rings is 1. The van der Waals surface area contributed by atoms with Crippen molar-refractivity contribution in [2.45, 2.75) is 26.3 Å². The van der Waals surface area contributed by atoms with Gasteiger partial charge in [-0.25, -0.2) is 0 Å². The molecule has 7 heteroatoms. The molecule has 0 saturated carbocycles. The Morgan fingerprint density at radius 2 is 2.07 bits per heavy atom. The lowest BCUT2D eigenvalue weighted by Gasteiger charge is -2.31. The molecule has 2 aromatic rings. The van der Waals surface area contributed by atoms with Crippen LogP contribution >= 0.6 is 0 Å². The molecule has 7 nitrogen and oxygen atoms in total. The molecule has 3 N–H and O–H groups in total. The number of nitrogens with zero attached hydrogens (tertiary/aromatic N) is 2. The van der Waals surface area contributed by atoms with Gasteiger partial charge in [0.05, 0.1) is 5.92 Å². The van der Waals surface area contributed by atoms with E-state index in [1.54, 1.807) is 17.2 Å². The quantitative estimate of drug-likeness (QED) is 0.824. The third kappa shape index (κ3) is 4.54. The monoisotopic (exact) mass is 380 g/mol. The summed E-state index contributed by atoms with van der Waals surface area (Å²) in [7, 11) is 0. The molecule has 0 spiro atoms. The van der Waals surface area contributed by atoms with Crippen LogP contribution in [0.4, 0.5) is 0 Å². The fourth-order valence-corrected chi connectivity index (χ4v) is 3.43. The number of primary amides is 1. The number of benzene rings is 1. The highest BCUT2D eigenvalue weighted by Gasteiger charge is 2.29. The Hall–Kier alpha value is -3.22. The first-order valence-corrected chi connectivity index (χ1v) is 9.33. The molecule has 1 atom stereocenters. The van der Waals surface area contributed by atoms with E-state index in [0.717, 1.165) is 23.1 Å². The summed E-state index contributed by atoms with van der Waals surface area (Å²) in [6, 6.07) is 11.3. The van der Waals surface area contributed by atoms with Crippen LogP contribution in [0.1, 0.15) is 35.8 Å². The number of aromatic nitrogens is 1. The number of hydrogen-bond acceptors (Lipinski definition) is 4. The molecule has 1 unspecified atom stereocenters. The molecule has 1 fully saturated rings. The molecule has 3 amide bonds. The Kier molecular flexibility index (Phi) is 6.03. The molecule has 1 saturated heterocycles. The average molecular weight is 380 g/mol. The van der Waals surface area contributed by atoms with E-state index >= 15 is 0 Å². The van der Waals surface area contributed by atoms with Crippen LogP contribution in [-0.2, 0) is 16.1 Å². The van der Waals surface area contributed by atoms with Crippen LogP contribution in [0.3, 0.4) is 0 Å². The average Bonchev–Trinajstić information content (AvgIpc) is 2.72. The molecule has 0 bridgehead atoms. The number of carbonyl (C=O) groups is 3. The Bertz CT molecular complexity index is 897. The molecule has 1 aromatic carbocycles. The maximum atomic E-state index is 13.1. The van der Waals surface area contributed by atoms with Crippen LogP contribution in [0, 0.1) is 5.92 Å². The normalized spacial score (nSPS) is 16.5. The predicted octanol–water partition coefficient (Wildman–Crippen LogP) is 1.72. The van der Waals surface area contributed by atoms with E-state index in [9.17, 15) is 14.4 Å². The van der Waals surface area contributed by atoms with Crippen LogP contribution in [0.5, 0.6) is 0 Å². The van der Waals surface area contributed by atoms with Gasteiger partial charge in [-0.3, -0.25) is 19.4 Å². The highest BCUT2D eigenvalue weighted by atomic mass is 16.2. The van der Waals surface area contributed by atoms with Gasteiger partial charge in [0.2, 0.25) is 11.8 Å². The molecule has 3 rings (SSSR count). The van der Waals surface area contributed by atoms with Crippen molar-refractivity contribution >= 4 is 17.7 Å². The summed E-state index contributed by atoms with van der Waals surface area (Å²) in [5, 5.41) is 2.77. The van der Waals surface area contributed by atoms with Gasteiger partial charge in [0.1, 0.15) is 5.69 Å². The summed E-state index contributed by atoms with van der Waals surface area (Å²) >= 11 is 0. The van der Waals surface area contributed by atoms with E-state index in [2.05, 4.69) is 10.3 Å². The predicted molar refractivity (Wildman–Crippen MR) is 105 cm³/mol. The zero-order chi connectivity index (χ0) is 20.1. The van der Waals surface area contributed by atoms with Gasteiger partial charge in [0.25, 0.3) is 5.91 Å². The summed E-state index contributed by atoms with van der Waals surface area (Å²) in [6.07, 6.45) is 3.04. The van der Waals surface area contributed by atoms with E-state index in [1.807, 2.05) is 30.3 Å². The lowest BCUT2D eigenvalue weighted by molar-refractivity contribution is -0.123. The summed E-state index contributed by atoms with van der Waals surface area (Å²) < 4.78 is 0. The fourth-order valence-electron chi connectivity index (χ4n) is 3.43. The fraction of sp³-hybridized carbons (Fsp3) is 0.333. The second-order valence-electron chi connectivity index (χ2n) is 7.00. The van der Waals surface area contributed by atoms with Crippen molar-refractivity contribution in [1.82, 2.24) is 15.2 Å². The smallest absolute Gasteiger partial charge is 0.273 e. The summed E-state index contributed by atoms with van der Waals surface area (Å²) in [5.41, 5.74) is 8.29. The third-order valence-electron chi connectivity index (χ3n) is 4.90. The molecular weight excluding hydrogens is 356 g/mol. The first-order valence-electron chi connectivity index (χ1n) is 9.33. The number of amides is 3. The summed E-state index contributed by atoms with van der Waals surface area (Å²) in [4.78, 5) is 41.8. The van der Waals surface area contributed by atoms with Crippen molar-refractivity contribution in [3.63, 3.8) is 0 Å². The third-order valence-corrected chi connectivity index (χ3v) is 4.90. The minimum absolute atomic E-state index is 0.100. The largest absolute Gasteiger partial charge is 0.369 e. The molecule has 1 aliphatic rings. The van der Waals surface area contributed by atoms with Crippen molar-refractivity contribution in [1.29, 1.82) is 0 Å². The molecule has 1 aliphatic heterocycles. The van der Waals surface area contributed by atoms with E-state index < -0.39 is 0 Å². The molecule has 1 aromatic heterocycles. The number of carbonyl (C=O) groups excluding carboxylic acids is 3. The lowest BCUT2D eigenvalue weighted by atomic mass is 9.96. The SMILES string of the molecule is CC(=O)NCc1cccc(-c2cccnc2C(=O)N2CCCC(C(N)=O)C2)c1. The Morgan fingerprint density at radius 1 is 1.25 bits per heavy atom. The number of nitrogens with two attached hydrogens (primary N) is 1. The Labute approximate surface area is 163 Å². The molecule has 146 valence electrons. The van der Waals surface area contributed by atoms with Crippen LogP contribution in [0.25, 0.3) is 11.1 Å². The Balaban J connectivity index is 1.87. The number of likely N-dealkylation sites (tertiary alicyclic amines) is 1. The minimum atomic E-state index is -0.371.